The summed E-state index contributed by atoms with van der Waals surface area (Å²) >= 11 is 0. The van der Waals surface area contributed by atoms with Crippen molar-refractivity contribution in [3.05, 3.63) is 0 Å². The highest BCUT2D eigenvalue weighted by molar-refractivity contribution is 5.81. The molecule has 4 nitrogen and oxygen atoms in total. The molecule has 0 rings (SSSR count). The predicted octanol–water partition coefficient (Wildman–Crippen LogP) is 1.39. The summed E-state index contributed by atoms with van der Waals surface area (Å²) in [4.78, 5) is 11.3. The third-order valence-corrected chi connectivity index (χ3v) is 2.14. The third-order valence-electron chi connectivity index (χ3n) is 2.14. The number of amides is 1. The van der Waals surface area contributed by atoms with E-state index in [9.17, 15) is 4.79 Å². The van der Waals surface area contributed by atoms with E-state index in [-0.39, 0.29) is 11.9 Å². The molecule has 0 aromatic rings. The fourth-order valence-corrected chi connectivity index (χ4v) is 1.16. The summed E-state index contributed by atoms with van der Waals surface area (Å²) in [6.45, 7) is 7.50. The molecule has 0 bridgehead atoms. The molecule has 5 N–H and O–H groups in total. The number of carbonyl (C=O) groups excluding carboxylic acids is 1. The second-order valence-corrected chi connectivity index (χ2v) is 3.54. The maximum absolute atomic E-state index is 11.3. The Morgan fingerprint density at radius 3 is 2.38 bits per heavy atom. The lowest BCUT2D eigenvalue weighted by Crippen LogP contribution is -2.40. The zero-order valence-electron chi connectivity index (χ0n) is 11.1. The van der Waals surface area contributed by atoms with E-state index in [2.05, 4.69) is 12.2 Å². The first-order valence-corrected chi connectivity index (χ1v) is 6.45. The molecule has 4 heteroatoms. The SMILES string of the molecule is CC.CCCCNC(=O)C(N)CCCCN. The van der Waals surface area contributed by atoms with E-state index >= 15 is 0 Å². The van der Waals surface area contributed by atoms with E-state index in [0.29, 0.717) is 6.54 Å². The van der Waals surface area contributed by atoms with Crippen LogP contribution in [0, 0.1) is 0 Å². The van der Waals surface area contributed by atoms with Gasteiger partial charge in [-0.1, -0.05) is 33.6 Å². The van der Waals surface area contributed by atoms with E-state index in [0.717, 1.165) is 38.6 Å². The van der Waals surface area contributed by atoms with Gasteiger partial charge in [-0.25, -0.2) is 0 Å². The van der Waals surface area contributed by atoms with Gasteiger partial charge in [0.05, 0.1) is 6.04 Å². The summed E-state index contributed by atoms with van der Waals surface area (Å²) in [5.74, 6) is -0.0320. The molecule has 0 heterocycles. The summed E-state index contributed by atoms with van der Waals surface area (Å²) in [5.41, 5.74) is 11.0. The van der Waals surface area contributed by atoms with Crippen molar-refractivity contribution < 1.29 is 4.79 Å². The zero-order chi connectivity index (χ0) is 12.8. The number of hydrogen-bond donors (Lipinski definition) is 3. The summed E-state index contributed by atoms with van der Waals surface area (Å²) in [5, 5.41) is 2.82. The van der Waals surface area contributed by atoms with Gasteiger partial charge >= 0.3 is 0 Å². The van der Waals surface area contributed by atoms with Gasteiger partial charge in [-0.15, -0.1) is 0 Å². The number of hydrogen-bond acceptors (Lipinski definition) is 3. The first kappa shape index (κ1) is 17.8. The number of carbonyl (C=O) groups is 1. The van der Waals surface area contributed by atoms with Crippen LogP contribution in [-0.4, -0.2) is 25.0 Å². The number of unbranched alkanes of at least 4 members (excludes halogenated alkanes) is 2. The molecule has 0 saturated carbocycles. The second-order valence-electron chi connectivity index (χ2n) is 3.54. The molecule has 98 valence electrons. The molecule has 0 aliphatic carbocycles. The number of rotatable bonds is 8. The minimum absolute atomic E-state index is 0.0320. The van der Waals surface area contributed by atoms with Crippen LogP contribution in [0.3, 0.4) is 0 Å². The molecule has 0 aromatic heterocycles. The van der Waals surface area contributed by atoms with Crippen molar-refractivity contribution in [2.24, 2.45) is 11.5 Å². The van der Waals surface area contributed by atoms with Gasteiger partial charge in [0, 0.05) is 6.54 Å². The molecule has 0 spiro atoms. The lowest BCUT2D eigenvalue weighted by atomic mass is 10.1. The quantitative estimate of drug-likeness (QED) is 0.552. The van der Waals surface area contributed by atoms with Crippen LogP contribution in [0.2, 0.25) is 0 Å². The highest BCUT2D eigenvalue weighted by Gasteiger charge is 2.11. The highest BCUT2D eigenvalue weighted by atomic mass is 16.2. The van der Waals surface area contributed by atoms with E-state index in [1.807, 2.05) is 13.8 Å². The topological polar surface area (TPSA) is 81.1 Å². The Bertz CT molecular complexity index is 151. The third kappa shape index (κ3) is 11.5. The number of nitrogens with one attached hydrogen (secondary N) is 1. The molecular weight excluding hydrogens is 202 g/mol. The summed E-state index contributed by atoms with van der Waals surface area (Å²) in [6.07, 6.45) is 4.70. The van der Waals surface area contributed by atoms with Crippen molar-refractivity contribution in [3.63, 3.8) is 0 Å². The van der Waals surface area contributed by atoms with Crippen molar-refractivity contribution in [1.29, 1.82) is 0 Å². The van der Waals surface area contributed by atoms with Gasteiger partial charge in [0.1, 0.15) is 0 Å². The van der Waals surface area contributed by atoms with Gasteiger partial charge in [-0.2, -0.15) is 0 Å². The van der Waals surface area contributed by atoms with Crippen molar-refractivity contribution in [1.82, 2.24) is 5.32 Å². The van der Waals surface area contributed by atoms with Crippen LogP contribution >= 0.6 is 0 Å². The van der Waals surface area contributed by atoms with Crippen LogP contribution in [0.4, 0.5) is 0 Å². The minimum atomic E-state index is -0.363. The van der Waals surface area contributed by atoms with Crippen molar-refractivity contribution >= 4 is 5.91 Å². The molecule has 0 fully saturated rings. The van der Waals surface area contributed by atoms with E-state index < -0.39 is 0 Å². The molecule has 0 aromatic carbocycles. The standard InChI is InChI=1S/C10H23N3O.C2H6/c1-2-3-8-13-10(14)9(12)6-4-5-7-11;1-2/h9H,2-8,11-12H2,1H3,(H,13,14);1-2H3. The monoisotopic (exact) mass is 231 g/mol. The molecular formula is C12H29N3O. The molecule has 0 radical (unpaired) electrons. The molecule has 1 unspecified atom stereocenters. The fraction of sp³-hybridized carbons (Fsp3) is 0.917. The molecule has 1 amide bonds. The Hall–Kier alpha value is -0.610. The first-order chi connectivity index (χ1) is 7.72. The maximum atomic E-state index is 11.3. The van der Waals surface area contributed by atoms with Crippen LogP contribution in [-0.2, 0) is 4.79 Å². The Morgan fingerprint density at radius 1 is 1.25 bits per heavy atom. The van der Waals surface area contributed by atoms with Crippen molar-refractivity contribution in [3.8, 4) is 0 Å². The van der Waals surface area contributed by atoms with Crippen LogP contribution in [0.15, 0.2) is 0 Å². The van der Waals surface area contributed by atoms with Gasteiger partial charge < -0.3 is 16.8 Å². The smallest absolute Gasteiger partial charge is 0.236 e. The van der Waals surface area contributed by atoms with Crippen molar-refractivity contribution in [2.45, 2.75) is 58.9 Å². The van der Waals surface area contributed by atoms with Gasteiger partial charge in [0.15, 0.2) is 0 Å². The molecule has 16 heavy (non-hydrogen) atoms. The fourth-order valence-electron chi connectivity index (χ4n) is 1.16. The van der Waals surface area contributed by atoms with Crippen LogP contribution in [0.1, 0.15) is 52.9 Å². The number of nitrogens with two attached hydrogens (primary N) is 2. The summed E-state index contributed by atoms with van der Waals surface area (Å²) in [7, 11) is 0. The normalized spacial score (nSPS) is 11.3. The first-order valence-electron chi connectivity index (χ1n) is 6.45. The van der Waals surface area contributed by atoms with Gasteiger partial charge in [0.2, 0.25) is 5.91 Å². The van der Waals surface area contributed by atoms with Crippen LogP contribution in [0.25, 0.3) is 0 Å². The molecule has 1 atom stereocenters. The predicted molar refractivity (Wildman–Crippen MR) is 70.1 cm³/mol. The largest absolute Gasteiger partial charge is 0.355 e. The Balaban J connectivity index is 0. The lowest BCUT2D eigenvalue weighted by Gasteiger charge is -2.11. The molecule has 0 aliphatic rings. The minimum Gasteiger partial charge on any atom is -0.355 e. The second kappa shape index (κ2) is 14.4. The summed E-state index contributed by atoms with van der Waals surface area (Å²) < 4.78 is 0. The van der Waals surface area contributed by atoms with Crippen molar-refractivity contribution in [2.75, 3.05) is 13.1 Å². The van der Waals surface area contributed by atoms with E-state index in [4.69, 9.17) is 11.5 Å². The Kier molecular flexibility index (Phi) is 16.0. The lowest BCUT2D eigenvalue weighted by molar-refractivity contribution is -0.122. The summed E-state index contributed by atoms with van der Waals surface area (Å²) in [6, 6.07) is -0.363. The average Bonchev–Trinajstić information content (AvgIpc) is 2.32. The molecule has 0 aliphatic heterocycles. The maximum Gasteiger partial charge on any atom is 0.236 e. The Morgan fingerprint density at radius 2 is 1.88 bits per heavy atom. The average molecular weight is 231 g/mol. The van der Waals surface area contributed by atoms with Gasteiger partial charge in [-0.3, -0.25) is 4.79 Å². The van der Waals surface area contributed by atoms with E-state index in [1.54, 1.807) is 0 Å². The van der Waals surface area contributed by atoms with Gasteiger partial charge in [-0.05, 0) is 25.8 Å². The van der Waals surface area contributed by atoms with Crippen LogP contribution in [0.5, 0.6) is 0 Å². The zero-order valence-corrected chi connectivity index (χ0v) is 11.1. The van der Waals surface area contributed by atoms with E-state index in [1.165, 1.54) is 0 Å². The van der Waals surface area contributed by atoms with Crippen LogP contribution < -0.4 is 16.8 Å². The highest BCUT2D eigenvalue weighted by Crippen LogP contribution is 1.97. The van der Waals surface area contributed by atoms with Gasteiger partial charge in [0.25, 0.3) is 0 Å². The molecule has 0 saturated heterocycles. The Labute approximate surface area is 100 Å².